The quantitative estimate of drug-likeness (QED) is 0.736. The van der Waals surface area contributed by atoms with Crippen LogP contribution in [-0.4, -0.2) is 15.0 Å². The minimum absolute atomic E-state index is 0.939. The molecule has 2 aromatic heterocycles. The first-order valence-electron chi connectivity index (χ1n) is 5.23. The molecule has 0 unspecified atom stereocenters. The molecule has 3 aromatic rings. The molecule has 0 amide bonds. The molecule has 1 N–H and O–H groups in total. The van der Waals surface area contributed by atoms with E-state index in [4.69, 9.17) is 0 Å². The highest BCUT2D eigenvalue weighted by atomic mass is 79.9. The van der Waals surface area contributed by atoms with Crippen LogP contribution < -0.4 is 0 Å². The van der Waals surface area contributed by atoms with Gasteiger partial charge in [0.2, 0.25) is 0 Å². The Bertz CT molecular complexity index is 679. The largest absolute Gasteiger partial charge is 0.342 e. The Morgan fingerprint density at radius 1 is 1.24 bits per heavy atom. The number of aromatic nitrogens is 3. The Kier molecular flexibility index (Phi) is 2.52. The van der Waals surface area contributed by atoms with Gasteiger partial charge in [0.15, 0.2) is 0 Å². The van der Waals surface area contributed by atoms with Crippen LogP contribution in [0.4, 0.5) is 0 Å². The summed E-state index contributed by atoms with van der Waals surface area (Å²) in [5.41, 5.74) is 4.22. The summed E-state index contributed by atoms with van der Waals surface area (Å²) in [6, 6.07) is 6.19. The Labute approximate surface area is 111 Å². The average Bonchev–Trinajstić information content (AvgIpc) is 2.80. The number of hydrogen-bond acceptors (Lipinski definition) is 3. The Morgan fingerprint density at radius 3 is 2.76 bits per heavy atom. The highest BCUT2D eigenvalue weighted by molar-refractivity contribution is 9.11. The summed E-state index contributed by atoms with van der Waals surface area (Å²) in [5, 5.41) is 1.03. The zero-order chi connectivity index (χ0) is 12.0. The van der Waals surface area contributed by atoms with E-state index < -0.39 is 0 Å². The molecule has 0 spiro atoms. The Hall–Kier alpha value is -1.20. The van der Waals surface area contributed by atoms with Crippen molar-refractivity contribution in [3.05, 3.63) is 33.5 Å². The van der Waals surface area contributed by atoms with Crippen molar-refractivity contribution in [2.45, 2.75) is 13.8 Å². The monoisotopic (exact) mass is 307 g/mol. The maximum Gasteiger partial charge on any atom is 0.124 e. The van der Waals surface area contributed by atoms with E-state index in [1.54, 1.807) is 11.3 Å². The SMILES string of the molecule is Cc1nc2ccc(-c3nc(C)c(Br)s3)cc2[nH]1. The molecule has 3 nitrogen and oxygen atoms in total. The summed E-state index contributed by atoms with van der Waals surface area (Å²) < 4.78 is 1.09. The molecule has 0 saturated carbocycles. The van der Waals surface area contributed by atoms with Gasteiger partial charge >= 0.3 is 0 Å². The highest BCUT2D eigenvalue weighted by Gasteiger charge is 2.08. The topological polar surface area (TPSA) is 41.6 Å². The zero-order valence-corrected chi connectivity index (χ0v) is 11.8. The molecule has 86 valence electrons. The van der Waals surface area contributed by atoms with E-state index in [1.165, 1.54) is 0 Å². The molecule has 0 fully saturated rings. The molecule has 0 atom stereocenters. The molecular formula is C12H10BrN3S. The van der Waals surface area contributed by atoms with Gasteiger partial charge < -0.3 is 4.98 Å². The fourth-order valence-electron chi connectivity index (χ4n) is 1.77. The summed E-state index contributed by atoms with van der Waals surface area (Å²) in [4.78, 5) is 12.2. The molecule has 0 aliphatic rings. The molecule has 2 heterocycles. The van der Waals surface area contributed by atoms with Crippen LogP contribution >= 0.6 is 27.3 Å². The molecule has 3 rings (SSSR count). The maximum absolute atomic E-state index is 4.53. The summed E-state index contributed by atoms with van der Waals surface area (Å²) >= 11 is 5.16. The van der Waals surface area contributed by atoms with Gasteiger partial charge in [0, 0.05) is 5.56 Å². The number of nitrogens with zero attached hydrogens (tertiary/aromatic N) is 2. The third-order valence-corrected chi connectivity index (χ3v) is 4.64. The minimum atomic E-state index is 0.939. The second kappa shape index (κ2) is 3.92. The first-order valence-corrected chi connectivity index (χ1v) is 6.84. The second-order valence-electron chi connectivity index (χ2n) is 3.93. The van der Waals surface area contributed by atoms with Crippen molar-refractivity contribution in [1.29, 1.82) is 0 Å². The lowest BCUT2D eigenvalue weighted by Gasteiger charge is -1.95. The third kappa shape index (κ3) is 1.89. The lowest BCUT2D eigenvalue weighted by Crippen LogP contribution is -1.78. The minimum Gasteiger partial charge on any atom is -0.342 e. The summed E-state index contributed by atoms with van der Waals surface area (Å²) in [6.07, 6.45) is 0. The van der Waals surface area contributed by atoms with Gasteiger partial charge in [-0.2, -0.15) is 0 Å². The molecule has 0 aliphatic heterocycles. The fourth-order valence-corrected chi connectivity index (χ4v) is 3.11. The molecular weight excluding hydrogens is 298 g/mol. The van der Waals surface area contributed by atoms with Crippen LogP contribution in [0.15, 0.2) is 22.0 Å². The van der Waals surface area contributed by atoms with Crippen LogP contribution in [0.3, 0.4) is 0 Å². The van der Waals surface area contributed by atoms with E-state index >= 15 is 0 Å². The van der Waals surface area contributed by atoms with Crippen LogP contribution in [0.25, 0.3) is 21.6 Å². The van der Waals surface area contributed by atoms with Crippen molar-refractivity contribution in [3.8, 4) is 10.6 Å². The molecule has 0 radical (unpaired) electrons. The lowest BCUT2D eigenvalue weighted by atomic mass is 10.2. The fraction of sp³-hybridized carbons (Fsp3) is 0.167. The van der Waals surface area contributed by atoms with Gasteiger partial charge in [-0.15, -0.1) is 11.3 Å². The lowest BCUT2D eigenvalue weighted by molar-refractivity contribution is 1.17. The van der Waals surface area contributed by atoms with Crippen molar-refractivity contribution in [2.75, 3.05) is 0 Å². The number of hydrogen-bond donors (Lipinski definition) is 1. The molecule has 5 heteroatoms. The Morgan fingerprint density at radius 2 is 2.06 bits per heavy atom. The number of benzene rings is 1. The number of imidazole rings is 1. The number of H-pyrrole nitrogens is 1. The van der Waals surface area contributed by atoms with Gasteiger partial charge in [-0.3, -0.25) is 0 Å². The van der Waals surface area contributed by atoms with Crippen molar-refractivity contribution in [3.63, 3.8) is 0 Å². The molecule has 0 aliphatic carbocycles. The summed E-state index contributed by atoms with van der Waals surface area (Å²) in [5.74, 6) is 0.939. The number of halogens is 1. The van der Waals surface area contributed by atoms with Crippen molar-refractivity contribution < 1.29 is 0 Å². The average molecular weight is 308 g/mol. The van der Waals surface area contributed by atoms with Crippen LogP contribution in [-0.2, 0) is 0 Å². The van der Waals surface area contributed by atoms with E-state index in [-0.39, 0.29) is 0 Å². The predicted molar refractivity (Wildman–Crippen MR) is 74.4 cm³/mol. The molecule has 17 heavy (non-hydrogen) atoms. The van der Waals surface area contributed by atoms with E-state index in [1.807, 2.05) is 19.9 Å². The van der Waals surface area contributed by atoms with Crippen LogP contribution in [0, 0.1) is 13.8 Å². The van der Waals surface area contributed by atoms with Crippen LogP contribution in [0.5, 0.6) is 0 Å². The standard InChI is InChI=1S/C12H10BrN3S/c1-6-11(13)17-12(14-6)8-3-4-9-10(5-8)16-7(2)15-9/h3-5H,1-2H3,(H,15,16). The summed E-state index contributed by atoms with van der Waals surface area (Å²) in [6.45, 7) is 3.97. The van der Waals surface area contributed by atoms with Gasteiger partial charge in [-0.05, 0) is 48.0 Å². The zero-order valence-electron chi connectivity index (χ0n) is 9.41. The molecule has 0 saturated heterocycles. The number of thiazole rings is 1. The molecule has 0 bridgehead atoms. The van der Waals surface area contributed by atoms with Gasteiger partial charge in [-0.25, -0.2) is 9.97 Å². The van der Waals surface area contributed by atoms with Gasteiger partial charge in [-0.1, -0.05) is 0 Å². The summed E-state index contributed by atoms with van der Waals surface area (Å²) in [7, 11) is 0. The maximum atomic E-state index is 4.53. The van der Waals surface area contributed by atoms with Crippen molar-refractivity contribution in [1.82, 2.24) is 15.0 Å². The van der Waals surface area contributed by atoms with Crippen LogP contribution in [0.1, 0.15) is 11.5 Å². The van der Waals surface area contributed by atoms with Gasteiger partial charge in [0.1, 0.15) is 10.8 Å². The number of fused-ring (bicyclic) bond motifs is 1. The number of aromatic amines is 1. The van der Waals surface area contributed by atoms with Crippen LogP contribution in [0.2, 0.25) is 0 Å². The highest BCUT2D eigenvalue weighted by Crippen LogP contribution is 2.32. The third-order valence-electron chi connectivity index (χ3n) is 2.59. The van der Waals surface area contributed by atoms with Gasteiger partial charge in [0.25, 0.3) is 0 Å². The first-order chi connectivity index (χ1) is 8.13. The number of nitrogens with one attached hydrogen (secondary N) is 1. The number of rotatable bonds is 1. The first kappa shape index (κ1) is 10.9. The van der Waals surface area contributed by atoms with E-state index in [9.17, 15) is 0 Å². The Balaban J connectivity index is 2.16. The molecule has 1 aromatic carbocycles. The van der Waals surface area contributed by atoms with Crippen molar-refractivity contribution in [2.24, 2.45) is 0 Å². The number of aryl methyl sites for hydroxylation is 2. The van der Waals surface area contributed by atoms with Crippen molar-refractivity contribution >= 4 is 38.3 Å². The smallest absolute Gasteiger partial charge is 0.124 e. The van der Waals surface area contributed by atoms with E-state index in [0.29, 0.717) is 0 Å². The van der Waals surface area contributed by atoms with E-state index in [2.05, 4.69) is 43.0 Å². The normalized spacial score (nSPS) is 11.2. The predicted octanol–water partition coefficient (Wildman–Crippen LogP) is 4.07. The second-order valence-corrected chi connectivity index (χ2v) is 6.25. The van der Waals surface area contributed by atoms with Gasteiger partial charge in [0.05, 0.1) is 20.5 Å². The van der Waals surface area contributed by atoms with E-state index in [0.717, 1.165) is 36.9 Å².